The van der Waals surface area contributed by atoms with Crippen molar-refractivity contribution in [3.8, 4) is 11.5 Å². The Kier molecular flexibility index (Phi) is 3.77. The summed E-state index contributed by atoms with van der Waals surface area (Å²) in [4.78, 5) is 25.5. The van der Waals surface area contributed by atoms with E-state index in [9.17, 15) is 9.59 Å². The summed E-state index contributed by atoms with van der Waals surface area (Å²) < 4.78 is 23.1. The Balaban J connectivity index is 1.71. The number of ether oxygens (including phenoxy) is 4. The van der Waals surface area contributed by atoms with Gasteiger partial charge in [0.15, 0.2) is 23.4 Å². The number of ketones is 1. The Hall–Kier alpha value is -2.50. The molecule has 2 saturated carbocycles. The predicted molar refractivity (Wildman–Crippen MR) is 99.7 cm³/mol. The van der Waals surface area contributed by atoms with Crippen molar-refractivity contribution >= 4 is 11.9 Å². The Labute approximate surface area is 163 Å². The van der Waals surface area contributed by atoms with Gasteiger partial charge in [0.25, 0.3) is 0 Å². The quantitative estimate of drug-likeness (QED) is 0.585. The first-order valence-electron chi connectivity index (χ1n) is 9.94. The molecule has 1 aromatic rings. The molecule has 5 rings (SSSR count). The van der Waals surface area contributed by atoms with Gasteiger partial charge in [-0.2, -0.15) is 0 Å². The molecular formula is C22H24O6. The molecule has 148 valence electrons. The summed E-state index contributed by atoms with van der Waals surface area (Å²) in [6.07, 6.45) is 4.51. The van der Waals surface area contributed by atoms with E-state index in [1.54, 1.807) is 7.11 Å². The molecule has 1 aliphatic heterocycles. The number of rotatable bonds is 4. The molecule has 4 aliphatic rings. The average Bonchev–Trinajstić information content (AvgIpc) is 3.03. The van der Waals surface area contributed by atoms with Gasteiger partial charge in [-0.15, -0.1) is 0 Å². The zero-order chi connectivity index (χ0) is 19.5. The van der Waals surface area contributed by atoms with E-state index in [2.05, 4.69) is 12.6 Å². The Bertz CT molecular complexity index is 876. The van der Waals surface area contributed by atoms with Crippen molar-refractivity contribution in [3.05, 3.63) is 35.9 Å². The van der Waals surface area contributed by atoms with E-state index >= 15 is 0 Å². The summed E-state index contributed by atoms with van der Waals surface area (Å²) in [5.41, 5.74) is 0.747. The maximum atomic E-state index is 13.0. The van der Waals surface area contributed by atoms with Crippen molar-refractivity contribution in [2.45, 2.75) is 55.6 Å². The number of methoxy groups -OCH3 is 1. The first kappa shape index (κ1) is 17.6. The van der Waals surface area contributed by atoms with Gasteiger partial charge in [-0.3, -0.25) is 4.79 Å². The van der Waals surface area contributed by atoms with Crippen molar-refractivity contribution in [1.82, 2.24) is 0 Å². The SMILES string of the molecule is C=CCOC(=O)O[C@@]12CCC(=O)[C@@H]3Oc4c(OC)ccc5c4[C@@]31CCC[C@@H]2C5. The Morgan fingerprint density at radius 3 is 3.04 bits per heavy atom. The number of carbonyl (C=O) groups excluding carboxylic acids is 2. The van der Waals surface area contributed by atoms with Gasteiger partial charge in [-0.1, -0.05) is 25.1 Å². The van der Waals surface area contributed by atoms with Crippen molar-refractivity contribution < 1.29 is 28.5 Å². The molecule has 2 fully saturated rings. The highest BCUT2D eigenvalue weighted by atomic mass is 16.7. The van der Waals surface area contributed by atoms with Gasteiger partial charge < -0.3 is 18.9 Å². The number of benzene rings is 1. The molecule has 6 heteroatoms. The summed E-state index contributed by atoms with van der Waals surface area (Å²) in [6.45, 7) is 3.68. The topological polar surface area (TPSA) is 71.1 Å². The third-order valence-electron chi connectivity index (χ3n) is 7.18. The number of hydrogen-bond donors (Lipinski definition) is 0. The average molecular weight is 384 g/mol. The van der Waals surface area contributed by atoms with E-state index in [1.165, 1.54) is 11.6 Å². The van der Waals surface area contributed by atoms with E-state index < -0.39 is 23.3 Å². The molecule has 3 aliphatic carbocycles. The molecule has 0 N–H and O–H groups in total. The fraction of sp³-hybridized carbons (Fsp3) is 0.545. The number of Topliss-reactive ketones (excluding diaryl/α,β-unsaturated/α-hetero) is 1. The molecule has 0 amide bonds. The molecule has 0 radical (unpaired) electrons. The standard InChI is InChI=1S/C22H24O6/c1-3-11-26-20(24)28-22-10-8-15(23)19-21(22)9-4-5-14(22)12-13-6-7-16(25-2)18(27-19)17(13)21/h3,6-7,14,19H,1,4-5,8-12H2,2H3/t14-,19+,21+,22-/m1/s1. The van der Waals surface area contributed by atoms with Crippen LogP contribution in [0.1, 0.15) is 43.2 Å². The highest BCUT2D eigenvalue weighted by Gasteiger charge is 2.74. The molecule has 4 atom stereocenters. The normalized spacial score (nSPS) is 34.1. The molecule has 28 heavy (non-hydrogen) atoms. The lowest BCUT2D eigenvalue weighted by atomic mass is 9.45. The van der Waals surface area contributed by atoms with Crippen LogP contribution in [-0.2, 0) is 26.1 Å². The first-order valence-corrected chi connectivity index (χ1v) is 9.94. The summed E-state index contributed by atoms with van der Waals surface area (Å²) in [5, 5.41) is 0. The maximum Gasteiger partial charge on any atom is 0.509 e. The van der Waals surface area contributed by atoms with Crippen LogP contribution >= 0.6 is 0 Å². The second-order valence-corrected chi connectivity index (χ2v) is 8.20. The molecule has 0 saturated heterocycles. The molecule has 0 aromatic heterocycles. The van der Waals surface area contributed by atoms with Crippen LogP contribution < -0.4 is 9.47 Å². The largest absolute Gasteiger partial charge is 0.509 e. The molecule has 6 nitrogen and oxygen atoms in total. The van der Waals surface area contributed by atoms with Crippen molar-refractivity contribution in [2.24, 2.45) is 5.92 Å². The molecule has 1 heterocycles. The van der Waals surface area contributed by atoms with Crippen LogP contribution in [0, 0.1) is 5.92 Å². The molecule has 1 aromatic carbocycles. The monoisotopic (exact) mass is 384 g/mol. The summed E-state index contributed by atoms with van der Waals surface area (Å²) in [5.74, 6) is 1.49. The highest BCUT2D eigenvalue weighted by Crippen LogP contribution is 2.68. The van der Waals surface area contributed by atoms with E-state index in [-0.39, 0.29) is 18.3 Å². The molecule has 2 bridgehead atoms. The third-order valence-corrected chi connectivity index (χ3v) is 7.18. The van der Waals surface area contributed by atoms with Crippen LogP contribution in [0.2, 0.25) is 0 Å². The first-order chi connectivity index (χ1) is 13.6. The lowest BCUT2D eigenvalue weighted by Crippen LogP contribution is -2.71. The van der Waals surface area contributed by atoms with Crippen LogP contribution in [0.3, 0.4) is 0 Å². The van der Waals surface area contributed by atoms with E-state index in [0.717, 1.165) is 31.2 Å². The van der Waals surface area contributed by atoms with Crippen LogP contribution in [0.25, 0.3) is 0 Å². The minimum atomic E-state index is -0.785. The second kappa shape index (κ2) is 6.00. The molecule has 1 spiro atoms. The van der Waals surface area contributed by atoms with E-state index in [1.807, 2.05) is 6.07 Å². The zero-order valence-electron chi connectivity index (χ0n) is 16.0. The third kappa shape index (κ3) is 1.98. The van der Waals surface area contributed by atoms with Crippen LogP contribution in [0.15, 0.2) is 24.8 Å². The lowest BCUT2D eigenvalue weighted by Gasteiger charge is -2.60. The highest BCUT2D eigenvalue weighted by molar-refractivity contribution is 5.90. The molecular weight excluding hydrogens is 360 g/mol. The number of hydrogen-bond acceptors (Lipinski definition) is 6. The van der Waals surface area contributed by atoms with Gasteiger partial charge in [0.2, 0.25) is 0 Å². The van der Waals surface area contributed by atoms with Gasteiger partial charge >= 0.3 is 6.16 Å². The van der Waals surface area contributed by atoms with Gasteiger partial charge in [0.05, 0.1) is 12.5 Å². The lowest BCUT2D eigenvalue weighted by molar-refractivity contribution is -0.185. The summed E-state index contributed by atoms with van der Waals surface area (Å²) >= 11 is 0. The second-order valence-electron chi connectivity index (χ2n) is 8.20. The Morgan fingerprint density at radius 2 is 2.25 bits per heavy atom. The van der Waals surface area contributed by atoms with Crippen LogP contribution in [-0.4, -0.2) is 37.4 Å². The molecule has 0 unspecified atom stereocenters. The van der Waals surface area contributed by atoms with E-state index in [0.29, 0.717) is 24.3 Å². The van der Waals surface area contributed by atoms with Crippen molar-refractivity contribution in [1.29, 1.82) is 0 Å². The van der Waals surface area contributed by atoms with Crippen LogP contribution in [0.5, 0.6) is 11.5 Å². The van der Waals surface area contributed by atoms with Gasteiger partial charge in [-0.25, -0.2) is 4.79 Å². The smallest absolute Gasteiger partial charge is 0.493 e. The fourth-order valence-corrected chi connectivity index (χ4v) is 6.29. The van der Waals surface area contributed by atoms with Crippen molar-refractivity contribution in [3.63, 3.8) is 0 Å². The summed E-state index contributed by atoms with van der Waals surface area (Å²) in [6, 6.07) is 3.98. The Morgan fingerprint density at radius 1 is 1.39 bits per heavy atom. The fourth-order valence-electron chi connectivity index (χ4n) is 6.29. The number of carbonyl (C=O) groups is 2. The van der Waals surface area contributed by atoms with Crippen LogP contribution in [0.4, 0.5) is 4.79 Å². The van der Waals surface area contributed by atoms with Gasteiger partial charge in [0.1, 0.15) is 12.2 Å². The minimum Gasteiger partial charge on any atom is -0.493 e. The predicted octanol–water partition coefficient (Wildman–Crippen LogP) is 3.49. The minimum absolute atomic E-state index is 0.0745. The van der Waals surface area contributed by atoms with Crippen molar-refractivity contribution in [2.75, 3.05) is 13.7 Å². The summed E-state index contributed by atoms with van der Waals surface area (Å²) in [7, 11) is 1.60. The zero-order valence-corrected chi connectivity index (χ0v) is 16.0. The maximum absolute atomic E-state index is 13.0. The van der Waals surface area contributed by atoms with Gasteiger partial charge in [0, 0.05) is 17.9 Å². The van der Waals surface area contributed by atoms with E-state index in [4.69, 9.17) is 18.9 Å². The van der Waals surface area contributed by atoms with Gasteiger partial charge in [-0.05, 0) is 37.3 Å².